The minimum atomic E-state index is -2.91. The first kappa shape index (κ1) is 15.3. The monoisotopic (exact) mass is 324 g/mol. The molecule has 0 saturated carbocycles. The highest BCUT2D eigenvalue weighted by molar-refractivity contribution is 7.91. The Morgan fingerprint density at radius 2 is 2.00 bits per heavy atom. The van der Waals surface area contributed by atoms with Crippen molar-refractivity contribution < 1.29 is 17.9 Å². The second-order valence-corrected chi connectivity index (χ2v) is 8.03. The fraction of sp³-hybridized carbons (Fsp3) is 0.533. The number of para-hydroxylation sites is 1. The largest absolute Gasteiger partial charge is 0.493 e. The maximum atomic E-state index is 12.2. The predicted octanol–water partition coefficient (Wildman–Crippen LogP) is 0.357. The molecule has 6 nitrogen and oxygen atoms in total. The van der Waals surface area contributed by atoms with E-state index in [2.05, 4.69) is 5.32 Å². The SMILES string of the molecule is O=C(CN1CCS(=O)(=O)CC1)N[C@H]1CCOc2ccccc21. The highest BCUT2D eigenvalue weighted by Crippen LogP contribution is 2.31. The zero-order valence-corrected chi connectivity index (χ0v) is 13.1. The number of amides is 1. The van der Waals surface area contributed by atoms with Gasteiger partial charge in [-0.1, -0.05) is 18.2 Å². The van der Waals surface area contributed by atoms with Gasteiger partial charge < -0.3 is 10.1 Å². The summed E-state index contributed by atoms with van der Waals surface area (Å²) >= 11 is 0. The van der Waals surface area contributed by atoms with Crippen molar-refractivity contribution in [2.75, 3.05) is 37.7 Å². The lowest BCUT2D eigenvalue weighted by atomic mass is 10.0. The number of hydrogen-bond acceptors (Lipinski definition) is 5. The van der Waals surface area contributed by atoms with Gasteiger partial charge in [-0.05, 0) is 6.07 Å². The normalized spacial score (nSPS) is 24.1. The molecular formula is C15H20N2O4S. The third-order valence-electron chi connectivity index (χ3n) is 4.10. The van der Waals surface area contributed by atoms with Gasteiger partial charge >= 0.3 is 0 Å². The minimum Gasteiger partial charge on any atom is -0.493 e. The highest BCUT2D eigenvalue weighted by atomic mass is 32.2. The van der Waals surface area contributed by atoms with Crippen LogP contribution in [0.15, 0.2) is 24.3 Å². The number of nitrogens with zero attached hydrogens (tertiary/aromatic N) is 1. The molecule has 2 aliphatic heterocycles. The van der Waals surface area contributed by atoms with Crippen molar-refractivity contribution in [2.45, 2.75) is 12.5 Å². The molecular weight excluding hydrogens is 304 g/mol. The van der Waals surface area contributed by atoms with Gasteiger partial charge in [0.05, 0.1) is 30.7 Å². The van der Waals surface area contributed by atoms with Crippen LogP contribution in [0.25, 0.3) is 0 Å². The Kier molecular flexibility index (Phi) is 4.35. The van der Waals surface area contributed by atoms with Crippen LogP contribution in [0.2, 0.25) is 0 Å². The van der Waals surface area contributed by atoms with Gasteiger partial charge in [-0.3, -0.25) is 9.69 Å². The third-order valence-corrected chi connectivity index (χ3v) is 5.71. The first-order valence-electron chi connectivity index (χ1n) is 7.47. The predicted molar refractivity (Wildman–Crippen MR) is 82.5 cm³/mol. The Labute approximate surface area is 130 Å². The topological polar surface area (TPSA) is 75.7 Å². The van der Waals surface area contributed by atoms with Crippen LogP contribution < -0.4 is 10.1 Å². The van der Waals surface area contributed by atoms with Crippen LogP contribution in [0.4, 0.5) is 0 Å². The lowest BCUT2D eigenvalue weighted by Crippen LogP contribution is -2.46. The molecule has 1 fully saturated rings. The fourth-order valence-electron chi connectivity index (χ4n) is 2.84. The quantitative estimate of drug-likeness (QED) is 0.869. The molecule has 1 aromatic carbocycles. The molecule has 1 aromatic rings. The maximum absolute atomic E-state index is 12.2. The van der Waals surface area contributed by atoms with Gasteiger partial charge in [-0.2, -0.15) is 0 Å². The van der Waals surface area contributed by atoms with Crippen molar-refractivity contribution in [3.05, 3.63) is 29.8 Å². The number of ether oxygens (including phenoxy) is 1. The first-order chi connectivity index (χ1) is 10.5. The van der Waals surface area contributed by atoms with E-state index in [-0.39, 0.29) is 30.0 Å². The van der Waals surface area contributed by atoms with Gasteiger partial charge in [0.2, 0.25) is 5.91 Å². The van der Waals surface area contributed by atoms with Crippen molar-refractivity contribution in [3.63, 3.8) is 0 Å². The Morgan fingerprint density at radius 3 is 2.77 bits per heavy atom. The second-order valence-electron chi connectivity index (χ2n) is 5.72. The lowest BCUT2D eigenvalue weighted by molar-refractivity contribution is -0.123. The second kappa shape index (κ2) is 6.26. The van der Waals surface area contributed by atoms with Crippen LogP contribution in [0.3, 0.4) is 0 Å². The van der Waals surface area contributed by atoms with Crippen molar-refractivity contribution >= 4 is 15.7 Å². The Balaban J connectivity index is 1.57. The van der Waals surface area contributed by atoms with Crippen LogP contribution in [0, 0.1) is 0 Å². The molecule has 0 radical (unpaired) electrons. The summed E-state index contributed by atoms with van der Waals surface area (Å²) in [7, 11) is -2.91. The Bertz CT molecular complexity index is 645. The third kappa shape index (κ3) is 3.59. The summed E-state index contributed by atoms with van der Waals surface area (Å²) in [4.78, 5) is 14.1. The van der Waals surface area contributed by atoms with Gasteiger partial charge in [0, 0.05) is 25.1 Å². The van der Waals surface area contributed by atoms with Gasteiger partial charge in [0.15, 0.2) is 9.84 Å². The molecule has 0 unspecified atom stereocenters. The number of carbonyl (C=O) groups excluding carboxylic acids is 1. The molecule has 0 bridgehead atoms. The average molecular weight is 324 g/mol. The van der Waals surface area contributed by atoms with Crippen molar-refractivity contribution in [3.8, 4) is 5.75 Å². The summed E-state index contributed by atoms with van der Waals surface area (Å²) in [5.41, 5.74) is 1.00. The average Bonchev–Trinajstić information content (AvgIpc) is 2.50. The zero-order valence-electron chi connectivity index (χ0n) is 12.3. The summed E-state index contributed by atoms with van der Waals surface area (Å²) in [6, 6.07) is 7.68. The van der Waals surface area contributed by atoms with E-state index < -0.39 is 9.84 Å². The molecule has 120 valence electrons. The van der Waals surface area contributed by atoms with Gasteiger partial charge in [0.1, 0.15) is 5.75 Å². The summed E-state index contributed by atoms with van der Waals surface area (Å²) < 4.78 is 28.4. The number of sulfone groups is 1. The van der Waals surface area contributed by atoms with E-state index in [1.807, 2.05) is 29.2 Å². The number of benzene rings is 1. The van der Waals surface area contributed by atoms with E-state index in [4.69, 9.17) is 4.74 Å². The molecule has 0 aromatic heterocycles. The molecule has 1 saturated heterocycles. The molecule has 22 heavy (non-hydrogen) atoms. The van der Waals surface area contributed by atoms with Crippen LogP contribution in [0.1, 0.15) is 18.0 Å². The first-order valence-corrected chi connectivity index (χ1v) is 9.29. The molecule has 2 aliphatic rings. The van der Waals surface area contributed by atoms with Gasteiger partial charge in [-0.25, -0.2) is 8.42 Å². The standard InChI is InChI=1S/C15H20N2O4S/c18-15(11-17-6-9-22(19,20)10-7-17)16-13-5-8-21-14-4-2-1-3-12(13)14/h1-4,13H,5-11H2,(H,16,18)/t13-/m0/s1. The van der Waals surface area contributed by atoms with Crippen molar-refractivity contribution in [1.29, 1.82) is 0 Å². The van der Waals surface area contributed by atoms with E-state index in [0.717, 1.165) is 17.7 Å². The minimum absolute atomic E-state index is 0.0361. The van der Waals surface area contributed by atoms with Crippen LogP contribution in [-0.2, 0) is 14.6 Å². The van der Waals surface area contributed by atoms with E-state index in [1.54, 1.807) is 0 Å². The molecule has 0 spiro atoms. The van der Waals surface area contributed by atoms with Crippen LogP contribution in [-0.4, -0.2) is 57.0 Å². The number of fused-ring (bicyclic) bond motifs is 1. The van der Waals surface area contributed by atoms with Crippen molar-refractivity contribution in [2.24, 2.45) is 0 Å². The lowest BCUT2D eigenvalue weighted by Gasteiger charge is -2.29. The highest BCUT2D eigenvalue weighted by Gasteiger charge is 2.26. The molecule has 3 rings (SSSR count). The van der Waals surface area contributed by atoms with Crippen molar-refractivity contribution in [1.82, 2.24) is 10.2 Å². The molecule has 1 atom stereocenters. The maximum Gasteiger partial charge on any atom is 0.234 e. The molecule has 2 heterocycles. The molecule has 7 heteroatoms. The van der Waals surface area contributed by atoms with E-state index in [1.165, 1.54) is 0 Å². The number of rotatable bonds is 3. The summed E-state index contributed by atoms with van der Waals surface area (Å²) in [5, 5.41) is 3.03. The van der Waals surface area contributed by atoms with Crippen LogP contribution in [0.5, 0.6) is 5.75 Å². The Morgan fingerprint density at radius 1 is 1.27 bits per heavy atom. The van der Waals surface area contributed by atoms with E-state index >= 15 is 0 Å². The molecule has 0 aliphatic carbocycles. The molecule has 1 N–H and O–H groups in total. The van der Waals surface area contributed by atoms with Crippen LogP contribution >= 0.6 is 0 Å². The summed E-state index contributed by atoms with van der Waals surface area (Å²) in [5.74, 6) is 1.03. The Hall–Kier alpha value is -1.60. The van der Waals surface area contributed by atoms with E-state index in [0.29, 0.717) is 19.7 Å². The fourth-order valence-corrected chi connectivity index (χ4v) is 4.12. The number of hydrogen-bond donors (Lipinski definition) is 1. The molecule has 1 amide bonds. The van der Waals surface area contributed by atoms with Gasteiger partial charge in [0.25, 0.3) is 0 Å². The van der Waals surface area contributed by atoms with E-state index in [9.17, 15) is 13.2 Å². The zero-order chi connectivity index (χ0) is 15.6. The summed E-state index contributed by atoms with van der Waals surface area (Å²) in [6.45, 7) is 1.69. The van der Waals surface area contributed by atoms with Gasteiger partial charge in [-0.15, -0.1) is 0 Å². The smallest absolute Gasteiger partial charge is 0.234 e. The number of nitrogens with one attached hydrogen (secondary N) is 1. The summed E-state index contributed by atoms with van der Waals surface area (Å²) in [6.07, 6.45) is 0.747. The number of carbonyl (C=O) groups is 1.